The van der Waals surface area contributed by atoms with Crippen molar-refractivity contribution in [1.82, 2.24) is 0 Å². The first-order chi connectivity index (χ1) is 7.60. The molecular formula is C12H12BrNO2. The molecule has 0 aliphatic carbocycles. The van der Waals surface area contributed by atoms with Gasteiger partial charge in [-0.25, -0.2) is 0 Å². The number of benzene rings is 1. The van der Waals surface area contributed by atoms with E-state index in [1.165, 1.54) is 0 Å². The van der Waals surface area contributed by atoms with Crippen LogP contribution in [0.1, 0.15) is 22.8 Å². The minimum Gasteiger partial charge on any atom is -0.497 e. The van der Waals surface area contributed by atoms with Crippen molar-refractivity contribution in [2.75, 3.05) is 7.11 Å². The van der Waals surface area contributed by atoms with Gasteiger partial charge in [-0.2, -0.15) is 5.26 Å². The van der Waals surface area contributed by atoms with Gasteiger partial charge in [-0.05, 0) is 30.7 Å². The van der Waals surface area contributed by atoms with Gasteiger partial charge in [0.2, 0.25) is 0 Å². The molecule has 0 aromatic heterocycles. The molecule has 0 saturated heterocycles. The standard InChI is InChI=1S/C12H12BrNO2/c1-8(13)12(15)11-4-3-10(16-2)7-9(11)5-6-14/h3-4,7-8H,5H2,1-2H3. The van der Waals surface area contributed by atoms with Gasteiger partial charge < -0.3 is 4.74 Å². The van der Waals surface area contributed by atoms with Gasteiger partial charge in [-0.3, -0.25) is 4.79 Å². The molecule has 0 aliphatic rings. The minimum atomic E-state index is -0.252. The number of hydrogen-bond acceptors (Lipinski definition) is 3. The maximum absolute atomic E-state index is 11.8. The molecule has 1 aromatic rings. The van der Waals surface area contributed by atoms with E-state index in [2.05, 4.69) is 15.9 Å². The summed E-state index contributed by atoms with van der Waals surface area (Å²) in [5, 5.41) is 8.71. The number of nitriles is 1. The lowest BCUT2D eigenvalue weighted by molar-refractivity contribution is 0.0995. The zero-order valence-electron chi connectivity index (χ0n) is 9.16. The van der Waals surface area contributed by atoms with Crippen molar-refractivity contribution in [3.05, 3.63) is 29.3 Å². The second kappa shape index (κ2) is 5.66. The van der Waals surface area contributed by atoms with Crippen LogP contribution in [0.25, 0.3) is 0 Å². The van der Waals surface area contributed by atoms with E-state index in [0.717, 1.165) is 0 Å². The molecule has 0 aliphatic heterocycles. The summed E-state index contributed by atoms with van der Waals surface area (Å²) in [6.07, 6.45) is 0.206. The fourth-order valence-corrected chi connectivity index (χ4v) is 1.63. The molecule has 16 heavy (non-hydrogen) atoms. The predicted octanol–water partition coefficient (Wildman–Crippen LogP) is 2.73. The van der Waals surface area contributed by atoms with Gasteiger partial charge in [-0.15, -0.1) is 0 Å². The highest BCUT2D eigenvalue weighted by Crippen LogP contribution is 2.21. The molecular weight excluding hydrogens is 270 g/mol. The van der Waals surface area contributed by atoms with Crippen LogP contribution in [0.2, 0.25) is 0 Å². The van der Waals surface area contributed by atoms with Crippen LogP contribution in [0.3, 0.4) is 0 Å². The van der Waals surface area contributed by atoms with E-state index in [1.807, 2.05) is 6.07 Å². The summed E-state index contributed by atoms with van der Waals surface area (Å²) in [4.78, 5) is 11.6. The van der Waals surface area contributed by atoms with Crippen molar-refractivity contribution in [2.45, 2.75) is 18.2 Å². The molecule has 0 bridgehead atoms. The summed E-state index contributed by atoms with van der Waals surface area (Å²) in [7, 11) is 1.56. The molecule has 1 unspecified atom stereocenters. The molecule has 4 heteroatoms. The Hall–Kier alpha value is -1.34. The summed E-state index contributed by atoms with van der Waals surface area (Å²) < 4.78 is 5.06. The van der Waals surface area contributed by atoms with Crippen LogP contribution in [-0.4, -0.2) is 17.7 Å². The molecule has 0 fully saturated rings. The zero-order chi connectivity index (χ0) is 12.1. The molecule has 84 valence electrons. The molecule has 1 atom stereocenters. The summed E-state index contributed by atoms with van der Waals surface area (Å²) in [6, 6.07) is 7.20. The lowest BCUT2D eigenvalue weighted by Gasteiger charge is -2.09. The van der Waals surface area contributed by atoms with E-state index >= 15 is 0 Å². The Morgan fingerprint density at radius 3 is 2.81 bits per heavy atom. The molecule has 0 amide bonds. The Bertz CT molecular complexity index is 435. The Morgan fingerprint density at radius 1 is 1.62 bits per heavy atom. The van der Waals surface area contributed by atoms with E-state index in [4.69, 9.17) is 10.00 Å². The molecule has 0 saturated carbocycles. The molecule has 1 aromatic carbocycles. The van der Waals surface area contributed by atoms with Crippen LogP contribution in [0, 0.1) is 11.3 Å². The van der Waals surface area contributed by atoms with Gasteiger partial charge in [0.05, 0.1) is 24.4 Å². The topological polar surface area (TPSA) is 50.1 Å². The fraction of sp³-hybridized carbons (Fsp3) is 0.333. The number of Topliss-reactive ketones (excluding diaryl/α,β-unsaturated/α-hetero) is 1. The lowest BCUT2D eigenvalue weighted by Crippen LogP contribution is -2.12. The van der Waals surface area contributed by atoms with Crippen LogP contribution in [0.4, 0.5) is 0 Å². The van der Waals surface area contributed by atoms with Gasteiger partial charge in [0.15, 0.2) is 5.78 Å². The molecule has 3 nitrogen and oxygen atoms in total. The smallest absolute Gasteiger partial charge is 0.176 e. The normalized spacial score (nSPS) is 11.6. The summed E-state index contributed by atoms with van der Waals surface area (Å²) in [5.74, 6) is 0.636. The van der Waals surface area contributed by atoms with Crippen molar-refractivity contribution >= 4 is 21.7 Å². The van der Waals surface area contributed by atoms with E-state index < -0.39 is 0 Å². The minimum absolute atomic E-state index is 0.0205. The van der Waals surface area contributed by atoms with Crippen molar-refractivity contribution in [3.8, 4) is 11.8 Å². The summed E-state index contributed by atoms with van der Waals surface area (Å²) >= 11 is 3.23. The van der Waals surface area contributed by atoms with Gasteiger partial charge in [-0.1, -0.05) is 15.9 Å². The number of methoxy groups -OCH3 is 1. The number of carbonyl (C=O) groups is 1. The van der Waals surface area contributed by atoms with E-state index in [9.17, 15) is 4.79 Å². The second-order valence-corrected chi connectivity index (χ2v) is 4.71. The van der Waals surface area contributed by atoms with Crippen molar-refractivity contribution in [2.24, 2.45) is 0 Å². The summed E-state index contributed by atoms with van der Waals surface area (Å²) in [5.41, 5.74) is 1.28. The summed E-state index contributed by atoms with van der Waals surface area (Å²) in [6.45, 7) is 1.77. The molecule has 1 rings (SSSR count). The van der Waals surface area contributed by atoms with Crippen LogP contribution in [0.5, 0.6) is 5.75 Å². The SMILES string of the molecule is COc1ccc(C(=O)C(C)Br)c(CC#N)c1. The predicted molar refractivity (Wildman–Crippen MR) is 65.0 cm³/mol. The number of ether oxygens (including phenoxy) is 1. The fourth-order valence-electron chi connectivity index (χ4n) is 1.38. The Labute approximate surface area is 103 Å². The highest BCUT2D eigenvalue weighted by molar-refractivity contribution is 9.10. The average Bonchev–Trinajstić information content (AvgIpc) is 2.28. The van der Waals surface area contributed by atoms with E-state index in [-0.39, 0.29) is 17.0 Å². The maximum Gasteiger partial charge on any atom is 0.176 e. The highest BCUT2D eigenvalue weighted by Gasteiger charge is 2.16. The van der Waals surface area contributed by atoms with Crippen LogP contribution in [0.15, 0.2) is 18.2 Å². The van der Waals surface area contributed by atoms with Crippen molar-refractivity contribution < 1.29 is 9.53 Å². The zero-order valence-corrected chi connectivity index (χ0v) is 10.7. The first-order valence-corrected chi connectivity index (χ1v) is 5.74. The second-order valence-electron chi connectivity index (χ2n) is 3.34. The average molecular weight is 282 g/mol. The van der Waals surface area contributed by atoms with Crippen molar-refractivity contribution in [3.63, 3.8) is 0 Å². The molecule has 0 radical (unpaired) electrons. The molecule has 0 N–H and O–H groups in total. The number of hydrogen-bond donors (Lipinski definition) is 0. The Kier molecular flexibility index (Phi) is 4.51. The molecule has 0 spiro atoms. The Morgan fingerprint density at radius 2 is 2.31 bits per heavy atom. The maximum atomic E-state index is 11.8. The number of ketones is 1. The van der Waals surface area contributed by atoms with Crippen molar-refractivity contribution in [1.29, 1.82) is 5.26 Å². The van der Waals surface area contributed by atoms with Crippen LogP contribution < -0.4 is 4.74 Å². The van der Waals surface area contributed by atoms with Gasteiger partial charge >= 0.3 is 0 Å². The van der Waals surface area contributed by atoms with Gasteiger partial charge in [0.1, 0.15) is 5.75 Å². The molecule has 0 heterocycles. The number of rotatable bonds is 4. The number of alkyl halides is 1. The van der Waals surface area contributed by atoms with Gasteiger partial charge in [0, 0.05) is 5.56 Å². The number of halogens is 1. The monoisotopic (exact) mass is 281 g/mol. The third-order valence-electron chi connectivity index (χ3n) is 2.21. The largest absolute Gasteiger partial charge is 0.497 e. The number of carbonyl (C=O) groups excluding carboxylic acids is 1. The van der Waals surface area contributed by atoms with Crippen LogP contribution >= 0.6 is 15.9 Å². The Balaban J connectivity index is 3.18. The van der Waals surface area contributed by atoms with E-state index in [0.29, 0.717) is 16.9 Å². The lowest BCUT2D eigenvalue weighted by atomic mass is 10.00. The third kappa shape index (κ3) is 2.83. The van der Waals surface area contributed by atoms with E-state index in [1.54, 1.807) is 32.2 Å². The quantitative estimate of drug-likeness (QED) is 0.630. The van der Waals surface area contributed by atoms with Crippen LogP contribution in [-0.2, 0) is 6.42 Å². The van der Waals surface area contributed by atoms with Gasteiger partial charge in [0.25, 0.3) is 0 Å². The highest BCUT2D eigenvalue weighted by atomic mass is 79.9. The third-order valence-corrected chi connectivity index (χ3v) is 2.62. The number of nitrogens with zero attached hydrogens (tertiary/aromatic N) is 1. The first-order valence-electron chi connectivity index (χ1n) is 4.82. The first kappa shape index (κ1) is 12.7.